The van der Waals surface area contributed by atoms with E-state index in [9.17, 15) is 5.11 Å². The first-order valence-electron chi connectivity index (χ1n) is 8.15. The number of aliphatic hydroxyl groups is 1. The van der Waals surface area contributed by atoms with Gasteiger partial charge in [-0.2, -0.15) is 16.3 Å². The molecule has 0 unspecified atom stereocenters. The van der Waals surface area contributed by atoms with Crippen molar-refractivity contribution in [1.29, 1.82) is 0 Å². The van der Waals surface area contributed by atoms with Crippen LogP contribution in [-0.4, -0.2) is 63.4 Å². The molecule has 0 radical (unpaired) electrons. The number of piperazine rings is 1. The Kier molecular flexibility index (Phi) is 5.42. The maximum Gasteiger partial charge on any atom is 0.241 e. The van der Waals surface area contributed by atoms with Crippen molar-refractivity contribution >= 4 is 11.3 Å². The van der Waals surface area contributed by atoms with E-state index < -0.39 is 0 Å². The van der Waals surface area contributed by atoms with Crippen molar-refractivity contribution in [2.45, 2.75) is 39.0 Å². The molecule has 1 saturated heterocycles. The van der Waals surface area contributed by atoms with Crippen molar-refractivity contribution in [2.75, 3.05) is 26.2 Å². The van der Waals surface area contributed by atoms with Gasteiger partial charge >= 0.3 is 0 Å². The first kappa shape index (κ1) is 16.6. The molecule has 1 aliphatic rings. The van der Waals surface area contributed by atoms with Gasteiger partial charge in [0.15, 0.2) is 0 Å². The highest BCUT2D eigenvalue weighted by molar-refractivity contribution is 7.08. The SMILES string of the molecule is CC[C@@H]1CN(Cc2nc(-c3ccsc3)no2)CCN1C[C@@H](C)O. The fraction of sp³-hybridized carbons (Fsp3) is 0.625. The van der Waals surface area contributed by atoms with Gasteiger partial charge in [0.05, 0.1) is 12.6 Å². The predicted molar refractivity (Wildman–Crippen MR) is 90.2 cm³/mol. The molecule has 23 heavy (non-hydrogen) atoms. The molecule has 3 rings (SSSR count). The molecule has 2 aromatic rings. The summed E-state index contributed by atoms with van der Waals surface area (Å²) in [7, 11) is 0. The molecule has 1 N–H and O–H groups in total. The number of nitrogens with zero attached hydrogens (tertiary/aromatic N) is 4. The molecule has 0 saturated carbocycles. The summed E-state index contributed by atoms with van der Waals surface area (Å²) in [5.41, 5.74) is 1.01. The van der Waals surface area contributed by atoms with Gasteiger partial charge < -0.3 is 9.63 Å². The maximum atomic E-state index is 9.62. The zero-order chi connectivity index (χ0) is 16.2. The van der Waals surface area contributed by atoms with Gasteiger partial charge in [0, 0.05) is 43.2 Å². The summed E-state index contributed by atoms with van der Waals surface area (Å²) in [6, 6.07) is 2.47. The van der Waals surface area contributed by atoms with Gasteiger partial charge in [-0.25, -0.2) is 0 Å². The summed E-state index contributed by atoms with van der Waals surface area (Å²) in [6.07, 6.45) is 0.799. The lowest BCUT2D eigenvalue weighted by Crippen LogP contribution is -2.54. The van der Waals surface area contributed by atoms with E-state index in [4.69, 9.17) is 4.52 Å². The molecule has 0 aromatic carbocycles. The predicted octanol–water partition coefficient (Wildman–Crippen LogP) is 2.08. The van der Waals surface area contributed by atoms with E-state index in [1.54, 1.807) is 11.3 Å². The van der Waals surface area contributed by atoms with Crippen LogP contribution >= 0.6 is 11.3 Å². The highest BCUT2D eigenvalue weighted by atomic mass is 32.1. The number of aromatic nitrogens is 2. The number of thiophene rings is 1. The Labute approximate surface area is 140 Å². The van der Waals surface area contributed by atoms with Crippen molar-refractivity contribution in [3.63, 3.8) is 0 Å². The number of rotatable bonds is 6. The van der Waals surface area contributed by atoms with E-state index in [-0.39, 0.29) is 6.10 Å². The molecule has 1 aliphatic heterocycles. The van der Waals surface area contributed by atoms with Crippen LogP contribution in [0.1, 0.15) is 26.2 Å². The highest BCUT2D eigenvalue weighted by Gasteiger charge is 2.27. The summed E-state index contributed by atoms with van der Waals surface area (Å²) < 4.78 is 5.40. The van der Waals surface area contributed by atoms with Gasteiger partial charge in [0.25, 0.3) is 0 Å². The molecule has 3 heterocycles. The van der Waals surface area contributed by atoms with Crippen LogP contribution in [0, 0.1) is 0 Å². The van der Waals surface area contributed by atoms with Gasteiger partial charge in [-0.05, 0) is 24.8 Å². The normalized spacial score (nSPS) is 21.6. The standard InChI is InChI=1S/C16H24N4O2S/c1-3-14-9-19(5-6-20(14)8-12(2)21)10-15-17-16(18-22-15)13-4-7-23-11-13/h4,7,11-12,14,21H,3,5-6,8-10H2,1-2H3/t12-,14-/m1/s1. The molecule has 0 aliphatic carbocycles. The Morgan fingerprint density at radius 3 is 3.04 bits per heavy atom. The highest BCUT2D eigenvalue weighted by Crippen LogP contribution is 2.20. The lowest BCUT2D eigenvalue weighted by atomic mass is 10.1. The van der Waals surface area contributed by atoms with E-state index in [2.05, 4.69) is 26.9 Å². The summed E-state index contributed by atoms with van der Waals surface area (Å²) >= 11 is 1.63. The van der Waals surface area contributed by atoms with E-state index >= 15 is 0 Å². The number of aliphatic hydroxyl groups excluding tert-OH is 1. The number of β-amino-alcohol motifs (C(OH)–C–C–N with tert-alkyl or cyclic N) is 1. The molecule has 7 heteroatoms. The Hall–Kier alpha value is -1.28. The van der Waals surface area contributed by atoms with E-state index in [0.29, 0.717) is 24.3 Å². The molecule has 1 fully saturated rings. The van der Waals surface area contributed by atoms with Gasteiger partial charge in [0.1, 0.15) is 0 Å². The Balaban J connectivity index is 1.59. The van der Waals surface area contributed by atoms with E-state index in [1.807, 2.05) is 23.8 Å². The average Bonchev–Trinajstić information content (AvgIpc) is 3.19. The van der Waals surface area contributed by atoms with Crippen LogP contribution in [0.15, 0.2) is 21.3 Å². The van der Waals surface area contributed by atoms with Crippen LogP contribution in [-0.2, 0) is 6.54 Å². The third-order valence-electron chi connectivity index (χ3n) is 4.27. The Morgan fingerprint density at radius 1 is 1.48 bits per heavy atom. The van der Waals surface area contributed by atoms with Gasteiger partial charge in [-0.1, -0.05) is 12.1 Å². The summed E-state index contributed by atoms with van der Waals surface area (Å²) in [4.78, 5) is 9.24. The third kappa shape index (κ3) is 4.17. The van der Waals surface area contributed by atoms with Crippen molar-refractivity contribution in [1.82, 2.24) is 19.9 Å². The zero-order valence-corrected chi connectivity index (χ0v) is 14.5. The van der Waals surface area contributed by atoms with Gasteiger partial charge in [0.2, 0.25) is 11.7 Å². The summed E-state index contributed by atoms with van der Waals surface area (Å²) in [6.45, 7) is 8.38. The van der Waals surface area contributed by atoms with Crippen LogP contribution in [0.4, 0.5) is 0 Å². The largest absolute Gasteiger partial charge is 0.392 e. The molecular weight excluding hydrogens is 312 g/mol. The molecule has 2 atom stereocenters. The summed E-state index contributed by atoms with van der Waals surface area (Å²) in [5, 5.41) is 17.7. The van der Waals surface area contributed by atoms with Crippen molar-refractivity contribution in [3.05, 3.63) is 22.7 Å². The second-order valence-corrected chi connectivity index (χ2v) is 6.94. The number of hydrogen-bond donors (Lipinski definition) is 1. The zero-order valence-electron chi connectivity index (χ0n) is 13.7. The lowest BCUT2D eigenvalue weighted by Gasteiger charge is -2.41. The minimum Gasteiger partial charge on any atom is -0.392 e. The molecule has 2 aromatic heterocycles. The van der Waals surface area contributed by atoms with Gasteiger partial charge in [-0.15, -0.1) is 0 Å². The number of hydrogen-bond acceptors (Lipinski definition) is 7. The van der Waals surface area contributed by atoms with Crippen LogP contribution in [0.2, 0.25) is 0 Å². The van der Waals surface area contributed by atoms with Crippen molar-refractivity contribution in [3.8, 4) is 11.4 Å². The van der Waals surface area contributed by atoms with Crippen LogP contribution < -0.4 is 0 Å². The lowest BCUT2D eigenvalue weighted by molar-refractivity contribution is 0.0302. The first-order chi connectivity index (χ1) is 11.2. The maximum absolute atomic E-state index is 9.62. The van der Waals surface area contributed by atoms with E-state index in [0.717, 1.165) is 38.2 Å². The minimum absolute atomic E-state index is 0.278. The summed E-state index contributed by atoms with van der Waals surface area (Å²) in [5.74, 6) is 1.34. The van der Waals surface area contributed by atoms with Crippen LogP contribution in [0.3, 0.4) is 0 Å². The second-order valence-electron chi connectivity index (χ2n) is 6.16. The van der Waals surface area contributed by atoms with E-state index in [1.165, 1.54) is 0 Å². The Morgan fingerprint density at radius 2 is 2.35 bits per heavy atom. The molecule has 0 amide bonds. The fourth-order valence-electron chi connectivity index (χ4n) is 3.09. The quantitative estimate of drug-likeness (QED) is 0.871. The minimum atomic E-state index is -0.278. The monoisotopic (exact) mass is 336 g/mol. The third-order valence-corrected chi connectivity index (χ3v) is 4.95. The Bertz CT molecular complexity index is 599. The average molecular weight is 336 g/mol. The topological polar surface area (TPSA) is 65.6 Å². The first-order valence-corrected chi connectivity index (χ1v) is 9.09. The van der Waals surface area contributed by atoms with Crippen molar-refractivity contribution < 1.29 is 9.63 Å². The smallest absolute Gasteiger partial charge is 0.241 e. The molecule has 0 spiro atoms. The fourth-order valence-corrected chi connectivity index (χ4v) is 3.72. The van der Waals surface area contributed by atoms with Crippen LogP contribution in [0.5, 0.6) is 0 Å². The van der Waals surface area contributed by atoms with Gasteiger partial charge in [-0.3, -0.25) is 9.80 Å². The van der Waals surface area contributed by atoms with Crippen LogP contribution in [0.25, 0.3) is 11.4 Å². The van der Waals surface area contributed by atoms with Crippen molar-refractivity contribution in [2.24, 2.45) is 0 Å². The second kappa shape index (κ2) is 7.53. The molecule has 6 nitrogen and oxygen atoms in total. The molecule has 0 bridgehead atoms. The molecule has 126 valence electrons. The molecular formula is C16H24N4O2S.